The summed E-state index contributed by atoms with van der Waals surface area (Å²) in [6.07, 6.45) is 0.408. The number of benzene rings is 1. The van der Waals surface area contributed by atoms with Crippen molar-refractivity contribution in [3.05, 3.63) is 33.9 Å². The van der Waals surface area contributed by atoms with Gasteiger partial charge in [-0.25, -0.2) is 0 Å². The Labute approximate surface area is 120 Å². The minimum atomic E-state index is -0.924. The van der Waals surface area contributed by atoms with Gasteiger partial charge in [-0.3, -0.25) is 19.7 Å². The fourth-order valence-corrected chi connectivity index (χ4v) is 2.29. The monoisotopic (exact) mass is 294 g/mol. The van der Waals surface area contributed by atoms with Crippen LogP contribution in [0.15, 0.2) is 18.2 Å². The Kier molecular flexibility index (Phi) is 4.06. The first-order valence-electron chi connectivity index (χ1n) is 6.28. The molecule has 1 aromatic rings. The molecule has 1 atom stereocenters. The number of carboxylic acid groups (broad SMARTS) is 1. The lowest BCUT2D eigenvalue weighted by Gasteiger charge is -2.16. The van der Waals surface area contributed by atoms with Crippen LogP contribution in [-0.4, -0.2) is 47.0 Å². The van der Waals surface area contributed by atoms with Gasteiger partial charge in [-0.05, 0) is 12.5 Å². The summed E-state index contributed by atoms with van der Waals surface area (Å²) in [7, 11) is 1.28. The van der Waals surface area contributed by atoms with Gasteiger partial charge in [0, 0.05) is 30.8 Å². The summed E-state index contributed by atoms with van der Waals surface area (Å²) in [6, 6.07) is 3.85. The third-order valence-electron chi connectivity index (χ3n) is 3.45. The predicted octanol–water partition coefficient (Wildman–Crippen LogP) is 1.15. The molecule has 1 fully saturated rings. The third-order valence-corrected chi connectivity index (χ3v) is 3.45. The molecule has 1 amide bonds. The van der Waals surface area contributed by atoms with E-state index in [1.54, 1.807) is 0 Å². The molecule has 0 spiro atoms. The van der Waals surface area contributed by atoms with Gasteiger partial charge < -0.3 is 14.7 Å². The molecule has 0 radical (unpaired) electrons. The second-order valence-corrected chi connectivity index (χ2v) is 4.72. The molecule has 1 unspecified atom stereocenters. The molecule has 1 aliphatic heterocycles. The number of nitro groups is 1. The largest absolute Gasteiger partial charge is 0.490 e. The third kappa shape index (κ3) is 2.93. The predicted molar refractivity (Wildman–Crippen MR) is 71.3 cm³/mol. The average molecular weight is 294 g/mol. The number of methoxy groups -OCH3 is 1. The number of carbonyl (C=O) groups is 2. The molecule has 1 heterocycles. The minimum Gasteiger partial charge on any atom is -0.490 e. The summed E-state index contributed by atoms with van der Waals surface area (Å²) in [5.74, 6) is -1.84. The minimum absolute atomic E-state index is 0.000156. The van der Waals surface area contributed by atoms with E-state index in [1.165, 1.54) is 30.2 Å². The number of hydrogen-bond acceptors (Lipinski definition) is 5. The molecule has 0 bridgehead atoms. The molecular weight excluding hydrogens is 280 g/mol. The molecular formula is C13H14N2O6. The second kappa shape index (κ2) is 5.78. The standard InChI is InChI=1S/C13H14N2O6/c1-21-11-6-8(2-3-10(11)15(19)20)12(16)14-5-4-9(7-14)13(17)18/h2-3,6,9H,4-5,7H2,1H3,(H,17,18). The van der Waals surface area contributed by atoms with Crippen LogP contribution < -0.4 is 4.74 Å². The van der Waals surface area contributed by atoms with Crippen LogP contribution >= 0.6 is 0 Å². The molecule has 21 heavy (non-hydrogen) atoms. The number of nitro benzene ring substituents is 1. The number of hydrogen-bond donors (Lipinski definition) is 1. The van der Waals surface area contributed by atoms with Gasteiger partial charge in [0.25, 0.3) is 5.91 Å². The average Bonchev–Trinajstić information content (AvgIpc) is 2.95. The van der Waals surface area contributed by atoms with Crippen molar-refractivity contribution < 1.29 is 24.4 Å². The molecule has 1 aromatic carbocycles. The van der Waals surface area contributed by atoms with E-state index in [2.05, 4.69) is 0 Å². The molecule has 0 aromatic heterocycles. The van der Waals surface area contributed by atoms with Crippen molar-refractivity contribution in [3.8, 4) is 5.75 Å². The van der Waals surface area contributed by atoms with Crippen LogP contribution in [0.1, 0.15) is 16.8 Å². The van der Waals surface area contributed by atoms with Gasteiger partial charge in [0.05, 0.1) is 18.0 Å². The van der Waals surface area contributed by atoms with Gasteiger partial charge in [-0.1, -0.05) is 0 Å². The quantitative estimate of drug-likeness (QED) is 0.659. The zero-order valence-corrected chi connectivity index (χ0v) is 11.3. The fourth-order valence-electron chi connectivity index (χ4n) is 2.29. The number of aliphatic carboxylic acids is 1. The van der Waals surface area contributed by atoms with Gasteiger partial charge in [-0.15, -0.1) is 0 Å². The number of ether oxygens (including phenoxy) is 1. The van der Waals surface area contributed by atoms with Crippen LogP contribution in [0.3, 0.4) is 0 Å². The molecule has 1 saturated heterocycles. The summed E-state index contributed by atoms with van der Waals surface area (Å²) >= 11 is 0. The summed E-state index contributed by atoms with van der Waals surface area (Å²) in [5.41, 5.74) is 0.0161. The van der Waals surface area contributed by atoms with Gasteiger partial charge in [0.2, 0.25) is 0 Å². The molecule has 8 heteroatoms. The Bertz CT molecular complexity index is 600. The van der Waals surface area contributed by atoms with Crippen LogP contribution in [0.25, 0.3) is 0 Å². The molecule has 8 nitrogen and oxygen atoms in total. The lowest BCUT2D eigenvalue weighted by Crippen LogP contribution is -2.29. The Morgan fingerprint density at radius 1 is 1.48 bits per heavy atom. The lowest BCUT2D eigenvalue weighted by molar-refractivity contribution is -0.385. The maximum absolute atomic E-state index is 12.3. The molecule has 0 saturated carbocycles. The van der Waals surface area contributed by atoms with Crippen molar-refractivity contribution in [3.63, 3.8) is 0 Å². The van der Waals surface area contributed by atoms with Crippen molar-refractivity contribution >= 4 is 17.6 Å². The first-order valence-corrected chi connectivity index (χ1v) is 6.28. The summed E-state index contributed by atoms with van der Waals surface area (Å²) in [4.78, 5) is 34.8. The highest BCUT2D eigenvalue weighted by atomic mass is 16.6. The normalized spacial score (nSPS) is 17.6. The highest BCUT2D eigenvalue weighted by molar-refractivity contribution is 5.95. The lowest BCUT2D eigenvalue weighted by atomic mass is 10.1. The van der Waals surface area contributed by atoms with E-state index in [-0.39, 0.29) is 29.5 Å². The van der Waals surface area contributed by atoms with Gasteiger partial charge >= 0.3 is 11.7 Å². The number of rotatable bonds is 4. The van der Waals surface area contributed by atoms with Crippen LogP contribution in [0.2, 0.25) is 0 Å². The highest BCUT2D eigenvalue weighted by Crippen LogP contribution is 2.29. The van der Waals surface area contributed by atoms with Crippen molar-refractivity contribution in [2.24, 2.45) is 5.92 Å². The summed E-state index contributed by atoms with van der Waals surface area (Å²) < 4.78 is 4.91. The zero-order chi connectivity index (χ0) is 15.6. The SMILES string of the molecule is COc1cc(C(=O)N2CCC(C(=O)O)C2)ccc1[N+](=O)[O-]. The van der Waals surface area contributed by atoms with Crippen molar-refractivity contribution in [2.75, 3.05) is 20.2 Å². The maximum Gasteiger partial charge on any atom is 0.310 e. The van der Waals surface area contributed by atoms with Gasteiger partial charge in [0.15, 0.2) is 5.75 Å². The van der Waals surface area contributed by atoms with Gasteiger partial charge in [-0.2, -0.15) is 0 Å². The number of amides is 1. The smallest absolute Gasteiger partial charge is 0.310 e. The topological polar surface area (TPSA) is 110 Å². The van der Waals surface area contributed by atoms with Crippen LogP contribution in [0, 0.1) is 16.0 Å². The van der Waals surface area contributed by atoms with E-state index < -0.39 is 16.8 Å². The van der Waals surface area contributed by atoms with E-state index in [4.69, 9.17) is 9.84 Å². The zero-order valence-electron chi connectivity index (χ0n) is 11.3. The molecule has 1 N–H and O–H groups in total. The first-order chi connectivity index (χ1) is 9.93. The molecule has 1 aliphatic rings. The Hall–Kier alpha value is -2.64. The summed E-state index contributed by atoms with van der Waals surface area (Å²) in [5, 5.41) is 19.7. The van der Waals surface area contributed by atoms with E-state index >= 15 is 0 Å². The van der Waals surface area contributed by atoms with Crippen molar-refractivity contribution in [1.82, 2.24) is 4.90 Å². The number of carbonyl (C=O) groups excluding carboxylic acids is 1. The first kappa shape index (κ1) is 14.8. The molecule has 0 aliphatic carbocycles. The number of likely N-dealkylation sites (tertiary alicyclic amines) is 1. The van der Waals surface area contributed by atoms with Crippen LogP contribution in [0.5, 0.6) is 5.75 Å². The van der Waals surface area contributed by atoms with E-state index in [0.29, 0.717) is 13.0 Å². The Morgan fingerprint density at radius 3 is 2.71 bits per heavy atom. The number of nitrogens with zero attached hydrogens (tertiary/aromatic N) is 2. The summed E-state index contributed by atoms with van der Waals surface area (Å²) in [6.45, 7) is 0.503. The van der Waals surface area contributed by atoms with Crippen molar-refractivity contribution in [2.45, 2.75) is 6.42 Å². The molecule has 2 rings (SSSR count). The number of carboxylic acids is 1. The maximum atomic E-state index is 12.3. The van der Waals surface area contributed by atoms with Crippen LogP contribution in [0.4, 0.5) is 5.69 Å². The Balaban J connectivity index is 2.21. The Morgan fingerprint density at radius 2 is 2.19 bits per heavy atom. The van der Waals surface area contributed by atoms with E-state index in [0.717, 1.165) is 0 Å². The van der Waals surface area contributed by atoms with Crippen molar-refractivity contribution in [1.29, 1.82) is 0 Å². The molecule has 112 valence electrons. The van der Waals surface area contributed by atoms with E-state index in [9.17, 15) is 19.7 Å². The van der Waals surface area contributed by atoms with Crippen LogP contribution in [-0.2, 0) is 4.79 Å². The second-order valence-electron chi connectivity index (χ2n) is 4.72. The van der Waals surface area contributed by atoms with E-state index in [1.807, 2.05) is 0 Å². The fraction of sp³-hybridized carbons (Fsp3) is 0.385. The van der Waals surface area contributed by atoms with Gasteiger partial charge in [0.1, 0.15) is 0 Å². The highest BCUT2D eigenvalue weighted by Gasteiger charge is 2.31.